The minimum absolute atomic E-state index is 0.114. The van der Waals surface area contributed by atoms with Crippen molar-refractivity contribution in [1.29, 1.82) is 0 Å². The van der Waals surface area contributed by atoms with E-state index in [0.717, 1.165) is 23.9 Å². The minimum atomic E-state index is -0.145. The second kappa shape index (κ2) is 6.34. The van der Waals surface area contributed by atoms with Gasteiger partial charge in [-0.15, -0.1) is 0 Å². The Morgan fingerprint density at radius 1 is 1.44 bits per heavy atom. The quantitative estimate of drug-likeness (QED) is 0.868. The minimum Gasteiger partial charge on any atom is -0.465 e. The van der Waals surface area contributed by atoms with E-state index in [-0.39, 0.29) is 12.0 Å². The molecule has 1 saturated heterocycles. The maximum Gasteiger partial charge on any atom is 0.323 e. The van der Waals surface area contributed by atoms with Crippen molar-refractivity contribution in [2.24, 2.45) is 5.92 Å². The van der Waals surface area contributed by atoms with Gasteiger partial charge in [-0.1, -0.05) is 28.1 Å². The van der Waals surface area contributed by atoms with Crippen molar-refractivity contribution >= 4 is 21.9 Å². The van der Waals surface area contributed by atoms with Crippen LogP contribution >= 0.6 is 15.9 Å². The monoisotopic (exact) mass is 311 g/mol. The van der Waals surface area contributed by atoms with E-state index in [9.17, 15) is 4.79 Å². The molecule has 3 nitrogen and oxygen atoms in total. The summed E-state index contributed by atoms with van der Waals surface area (Å²) in [6, 6.07) is 8.14. The second-order valence-corrected chi connectivity index (χ2v) is 5.48. The van der Waals surface area contributed by atoms with E-state index < -0.39 is 0 Å². The molecular weight excluding hydrogens is 294 g/mol. The highest BCUT2D eigenvalue weighted by molar-refractivity contribution is 9.10. The van der Waals surface area contributed by atoms with E-state index in [2.05, 4.69) is 33.4 Å². The van der Waals surface area contributed by atoms with Gasteiger partial charge >= 0.3 is 5.97 Å². The molecule has 1 aliphatic rings. The van der Waals surface area contributed by atoms with Gasteiger partial charge in [0.05, 0.1) is 6.61 Å². The number of esters is 1. The van der Waals surface area contributed by atoms with Crippen molar-refractivity contribution in [3.05, 3.63) is 34.3 Å². The number of halogens is 1. The highest BCUT2D eigenvalue weighted by Crippen LogP contribution is 2.22. The molecule has 18 heavy (non-hydrogen) atoms. The van der Waals surface area contributed by atoms with E-state index in [0.29, 0.717) is 12.5 Å². The third-order valence-corrected chi connectivity index (χ3v) is 3.83. The molecule has 0 amide bonds. The van der Waals surface area contributed by atoms with Crippen LogP contribution in [0.4, 0.5) is 0 Å². The lowest BCUT2D eigenvalue weighted by Gasteiger charge is -2.18. The Bertz CT molecular complexity index is 405. The smallest absolute Gasteiger partial charge is 0.323 e. The average molecular weight is 312 g/mol. The fraction of sp³-hybridized carbons (Fsp3) is 0.500. The van der Waals surface area contributed by atoms with Gasteiger partial charge < -0.3 is 10.1 Å². The number of benzene rings is 1. The summed E-state index contributed by atoms with van der Waals surface area (Å²) in [5.74, 6) is 0.224. The molecule has 1 N–H and O–H groups in total. The first-order chi connectivity index (χ1) is 8.70. The first kappa shape index (κ1) is 13.6. The van der Waals surface area contributed by atoms with Gasteiger partial charge in [0.2, 0.25) is 0 Å². The third kappa shape index (κ3) is 3.33. The van der Waals surface area contributed by atoms with Crippen molar-refractivity contribution in [3.8, 4) is 0 Å². The lowest BCUT2D eigenvalue weighted by molar-refractivity contribution is -0.146. The van der Waals surface area contributed by atoms with Gasteiger partial charge in [0.1, 0.15) is 6.04 Å². The highest BCUT2D eigenvalue weighted by Gasteiger charge is 2.33. The highest BCUT2D eigenvalue weighted by atomic mass is 79.9. The van der Waals surface area contributed by atoms with Gasteiger partial charge in [-0.3, -0.25) is 4.79 Å². The average Bonchev–Trinajstić information content (AvgIpc) is 2.81. The lowest BCUT2D eigenvalue weighted by atomic mass is 9.93. The number of hydrogen-bond acceptors (Lipinski definition) is 3. The van der Waals surface area contributed by atoms with Crippen LogP contribution in [0.15, 0.2) is 28.7 Å². The Morgan fingerprint density at radius 2 is 2.17 bits per heavy atom. The summed E-state index contributed by atoms with van der Waals surface area (Å²) in [5, 5.41) is 3.24. The summed E-state index contributed by atoms with van der Waals surface area (Å²) in [7, 11) is 0. The van der Waals surface area contributed by atoms with Gasteiger partial charge in [-0.05, 0) is 49.9 Å². The molecule has 1 aromatic rings. The summed E-state index contributed by atoms with van der Waals surface area (Å²) in [5.41, 5.74) is 1.26. The summed E-state index contributed by atoms with van der Waals surface area (Å²) in [6.07, 6.45) is 1.95. The molecule has 0 bridgehead atoms. The van der Waals surface area contributed by atoms with Gasteiger partial charge in [0.25, 0.3) is 0 Å². The van der Waals surface area contributed by atoms with Crippen molar-refractivity contribution in [1.82, 2.24) is 5.32 Å². The van der Waals surface area contributed by atoms with Crippen LogP contribution in [0.25, 0.3) is 0 Å². The first-order valence-corrected chi connectivity index (χ1v) is 7.14. The Kier molecular flexibility index (Phi) is 4.78. The zero-order chi connectivity index (χ0) is 13.0. The predicted octanol–water partition coefficient (Wildman–Crippen LogP) is 2.53. The molecular formula is C14H18BrNO2. The largest absolute Gasteiger partial charge is 0.465 e. The lowest BCUT2D eigenvalue weighted by Crippen LogP contribution is -2.37. The van der Waals surface area contributed by atoms with Crippen LogP contribution < -0.4 is 5.32 Å². The zero-order valence-corrected chi connectivity index (χ0v) is 12.1. The van der Waals surface area contributed by atoms with Crippen LogP contribution in [0.1, 0.15) is 18.9 Å². The fourth-order valence-electron chi connectivity index (χ4n) is 2.41. The molecule has 0 spiro atoms. The number of ether oxygens (including phenoxy) is 1. The molecule has 0 unspecified atom stereocenters. The number of nitrogens with one attached hydrogen (secondary N) is 1. The molecule has 1 heterocycles. The Morgan fingerprint density at radius 3 is 2.83 bits per heavy atom. The van der Waals surface area contributed by atoms with Gasteiger partial charge in [-0.2, -0.15) is 0 Å². The molecule has 2 rings (SSSR count). The van der Waals surface area contributed by atoms with Gasteiger partial charge in [0, 0.05) is 4.47 Å². The molecule has 4 heteroatoms. The van der Waals surface area contributed by atoms with Crippen molar-refractivity contribution in [2.45, 2.75) is 25.8 Å². The van der Waals surface area contributed by atoms with Crippen LogP contribution in [0.2, 0.25) is 0 Å². The second-order valence-electron chi connectivity index (χ2n) is 4.56. The van der Waals surface area contributed by atoms with Crippen molar-refractivity contribution < 1.29 is 9.53 Å². The van der Waals surface area contributed by atoms with E-state index in [1.165, 1.54) is 5.56 Å². The van der Waals surface area contributed by atoms with E-state index >= 15 is 0 Å². The van der Waals surface area contributed by atoms with Crippen LogP contribution in [0.5, 0.6) is 0 Å². The van der Waals surface area contributed by atoms with Crippen molar-refractivity contribution in [3.63, 3.8) is 0 Å². The Labute approximate surface area is 116 Å². The number of hydrogen-bond donors (Lipinski definition) is 1. The predicted molar refractivity (Wildman–Crippen MR) is 74.4 cm³/mol. The zero-order valence-electron chi connectivity index (χ0n) is 10.5. The van der Waals surface area contributed by atoms with E-state index in [1.807, 2.05) is 19.1 Å². The number of rotatable bonds is 4. The Hall–Kier alpha value is -0.870. The standard InChI is InChI=1S/C14H18BrNO2/c1-2-18-14(17)13-11(7-8-16-13)9-10-3-5-12(15)6-4-10/h3-6,11,13,16H,2,7-9H2,1H3/t11-,13-/m1/s1. The van der Waals surface area contributed by atoms with Gasteiger partial charge in [-0.25, -0.2) is 0 Å². The summed E-state index contributed by atoms with van der Waals surface area (Å²) < 4.78 is 6.19. The molecule has 0 radical (unpaired) electrons. The van der Waals surface area contributed by atoms with E-state index in [1.54, 1.807) is 0 Å². The summed E-state index contributed by atoms with van der Waals surface area (Å²) in [4.78, 5) is 11.8. The third-order valence-electron chi connectivity index (χ3n) is 3.30. The van der Waals surface area contributed by atoms with Crippen molar-refractivity contribution in [2.75, 3.05) is 13.2 Å². The maximum absolute atomic E-state index is 11.8. The van der Waals surface area contributed by atoms with Crippen LogP contribution in [-0.2, 0) is 16.0 Å². The molecule has 2 atom stereocenters. The molecule has 0 saturated carbocycles. The number of carbonyl (C=O) groups is 1. The van der Waals surface area contributed by atoms with Gasteiger partial charge in [0.15, 0.2) is 0 Å². The molecule has 0 aromatic heterocycles. The van der Waals surface area contributed by atoms with Crippen LogP contribution in [-0.4, -0.2) is 25.2 Å². The SMILES string of the molecule is CCOC(=O)[C@@H]1NCC[C@@H]1Cc1ccc(Br)cc1. The number of carbonyl (C=O) groups excluding carboxylic acids is 1. The van der Waals surface area contributed by atoms with E-state index in [4.69, 9.17) is 4.74 Å². The molecule has 98 valence electrons. The maximum atomic E-state index is 11.8. The first-order valence-electron chi connectivity index (χ1n) is 6.35. The van der Waals surface area contributed by atoms with Crippen LogP contribution in [0.3, 0.4) is 0 Å². The normalized spacial score (nSPS) is 23.0. The molecule has 1 aromatic carbocycles. The Balaban J connectivity index is 1.99. The topological polar surface area (TPSA) is 38.3 Å². The molecule has 1 fully saturated rings. The van der Waals surface area contributed by atoms with Crippen LogP contribution in [0, 0.1) is 5.92 Å². The fourth-order valence-corrected chi connectivity index (χ4v) is 2.67. The summed E-state index contributed by atoms with van der Waals surface area (Å²) in [6.45, 7) is 3.18. The molecule has 0 aliphatic carbocycles. The molecule has 1 aliphatic heterocycles. The summed E-state index contributed by atoms with van der Waals surface area (Å²) >= 11 is 3.43.